The van der Waals surface area contributed by atoms with E-state index in [-0.39, 0.29) is 17.1 Å². The lowest BCUT2D eigenvalue weighted by atomic mass is 9.99. The van der Waals surface area contributed by atoms with Crippen molar-refractivity contribution in [1.82, 2.24) is 14.8 Å². The summed E-state index contributed by atoms with van der Waals surface area (Å²) in [6.45, 7) is 6.68. The number of benzene rings is 1. The highest BCUT2D eigenvalue weighted by Gasteiger charge is 2.42. The number of hydrogen-bond acceptors (Lipinski definition) is 6. The van der Waals surface area contributed by atoms with Crippen LogP contribution in [0, 0.1) is 6.92 Å². The van der Waals surface area contributed by atoms with Crippen molar-refractivity contribution in [2.75, 3.05) is 39.4 Å². The molecule has 2 aliphatic heterocycles. The first-order valence-electron chi connectivity index (χ1n) is 10.7. The molecule has 31 heavy (non-hydrogen) atoms. The Labute approximate surface area is 180 Å². The number of ether oxygens (including phenoxy) is 1. The van der Waals surface area contributed by atoms with Gasteiger partial charge in [0.1, 0.15) is 5.58 Å². The molecule has 5 rings (SSSR count). The molecule has 1 amide bonds. The van der Waals surface area contributed by atoms with Gasteiger partial charge in [-0.15, -0.1) is 0 Å². The summed E-state index contributed by atoms with van der Waals surface area (Å²) in [5, 5.41) is 0.515. The Kier molecular flexibility index (Phi) is 5.29. The van der Waals surface area contributed by atoms with Crippen LogP contribution in [0.2, 0.25) is 0 Å². The maximum atomic E-state index is 13.5. The third-order valence-corrected chi connectivity index (χ3v) is 6.12. The minimum Gasteiger partial charge on any atom is -0.450 e. The molecule has 0 spiro atoms. The van der Waals surface area contributed by atoms with E-state index in [1.54, 1.807) is 23.4 Å². The van der Waals surface area contributed by atoms with E-state index in [1.165, 1.54) is 0 Å². The zero-order valence-corrected chi connectivity index (χ0v) is 17.5. The Bertz CT molecular complexity index is 1170. The van der Waals surface area contributed by atoms with E-state index in [0.29, 0.717) is 23.1 Å². The topological polar surface area (TPSA) is 75.9 Å². The van der Waals surface area contributed by atoms with Gasteiger partial charge in [0.2, 0.25) is 5.76 Å². The molecule has 0 radical (unpaired) electrons. The molecule has 1 fully saturated rings. The normalized spacial score (nSPS) is 19.2. The molecule has 1 saturated heterocycles. The number of hydrogen-bond donors (Lipinski definition) is 0. The third-order valence-electron chi connectivity index (χ3n) is 6.12. The maximum Gasteiger partial charge on any atom is 0.290 e. The molecule has 0 saturated carbocycles. The van der Waals surface area contributed by atoms with Crippen molar-refractivity contribution in [2.24, 2.45) is 0 Å². The minimum atomic E-state index is -0.462. The van der Waals surface area contributed by atoms with E-state index in [0.717, 1.165) is 50.4 Å². The molecule has 1 unspecified atom stereocenters. The lowest BCUT2D eigenvalue weighted by Crippen LogP contribution is -2.38. The van der Waals surface area contributed by atoms with E-state index < -0.39 is 6.04 Å². The molecular weight excluding hydrogens is 394 g/mol. The quantitative estimate of drug-likeness (QED) is 0.633. The van der Waals surface area contributed by atoms with Crippen molar-refractivity contribution < 1.29 is 13.9 Å². The van der Waals surface area contributed by atoms with E-state index in [1.807, 2.05) is 31.2 Å². The Morgan fingerprint density at radius 2 is 1.84 bits per heavy atom. The summed E-state index contributed by atoms with van der Waals surface area (Å²) in [6.07, 6.45) is 4.20. The zero-order chi connectivity index (χ0) is 21.4. The van der Waals surface area contributed by atoms with Crippen LogP contribution in [0.15, 0.2) is 51.9 Å². The molecule has 4 heterocycles. The van der Waals surface area contributed by atoms with E-state index in [2.05, 4.69) is 9.88 Å². The Morgan fingerprint density at radius 1 is 1.06 bits per heavy atom. The van der Waals surface area contributed by atoms with Crippen LogP contribution >= 0.6 is 0 Å². The average molecular weight is 419 g/mol. The van der Waals surface area contributed by atoms with Gasteiger partial charge in [-0.05, 0) is 43.2 Å². The Morgan fingerprint density at radius 3 is 2.61 bits per heavy atom. The third kappa shape index (κ3) is 3.64. The first kappa shape index (κ1) is 19.9. The molecule has 2 aromatic heterocycles. The minimum absolute atomic E-state index is 0.134. The van der Waals surface area contributed by atoms with Gasteiger partial charge in [0.15, 0.2) is 5.43 Å². The van der Waals surface area contributed by atoms with Crippen molar-refractivity contribution in [3.8, 4) is 0 Å². The second kappa shape index (κ2) is 8.24. The van der Waals surface area contributed by atoms with Crippen molar-refractivity contribution in [3.63, 3.8) is 0 Å². The first-order valence-corrected chi connectivity index (χ1v) is 10.7. The van der Waals surface area contributed by atoms with Crippen molar-refractivity contribution in [3.05, 3.63) is 75.4 Å². The molecule has 0 N–H and O–H groups in total. The van der Waals surface area contributed by atoms with Crippen molar-refractivity contribution in [2.45, 2.75) is 19.4 Å². The van der Waals surface area contributed by atoms with E-state index in [4.69, 9.17) is 9.15 Å². The van der Waals surface area contributed by atoms with Gasteiger partial charge < -0.3 is 14.1 Å². The summed E-state index contributed by atoms with van der Waals surface area (Å²) >= 11 is 0. The monoisotopic (exact) mass is 419 g/mol. The Balaban J connectivity index is 1.52. The second-order valence-corrected chi connectivity index (χ2v) is 8.16. The average Bonchev–Trinajstić information content (AvgIpc) is 3.08. The second-order valence-electron chi connectivity index (χ2n) is 8.16. The van der Waals surface area contributed by atoms with Gasteiger partial charge in [-0.25, -0.2) is 0 Å². The number of aromatic nitrogens is 1. The van der Waals surface area contributed by atoms with Crippen molar-refractivity contribution in [1.29, 1.82) is 0 Å². The van der Waals surface area contributed by atoms with Crippen molar-refractivity contribution >= 4 is 16.9 Å². The number of aryl methyl sites for hydroxylation is 1. The number of pyridine rings is 1. The largest absolute Gasteiger partial charge is 0.450 e. The van der Waals surface area contributed by atoms with Gasteiger partial charge in [-0.3, -0.25) is 19.5 Å². The lowest BCUT2D eigenvalue weighted by Gasteiger charge is -2.29. The summed E-state index contributed by atoms with van der Waals surface area (Å²) < 4.78 is 11.4. The predicted octanol–water partition coefficient (Wildman–Crippen LogP) is 2.76. The fourth-order valence-corrected chi connectivity index (χ4v) is 4.55. The van der Waals surface area contributed by atoms with Crippen LogP contribution < -0.4 is 5.43 Å². The number of carbonyl (C=O) groups excluding carboxylic acids is 1. The van der Waals surface area contributed by atoms with E-state index >= 15 is 0 Å². The SMILES string of the molecule is Cc1ccc2oc3c(c(=O)c2c1)C(c1ccncc1)N(CCCN1CCOCC1)C3=O. The molecule has 1 aromatic carbocycles. The number of rotatable bonds is 5. The highest BCUT2D eigenvalue weighted by atomic mass is 16.5. The smallest absolute Gasteiger partial charge is 0.290 e. The Hall–Kier alpha value is -3.03. The van der Waals surface area contributed by atoms with Crippen LogP contribution in [0.4, 0.5) is 0 Å². The number of carbonyl (C=O) groups is 1. The molecule has 3 aromatic rings. The number of nitrogens with zero attached hydrogens (tertiary/aromatic N) is 3. The van der Waals surface area contributed by atoms with Gasteiger partial charge in [0.05, 0.1) is 30.2 Å². The molecular formula is C24H25N3O4. The van der Waals surface area contributed by atoms with Crippen LogP contribution in [-0.2, 0) is 4.74 Å². The van der Waals surface area contributed by atoms with Crippen LogP contribution in [0.3, 0.4) is 0 Å². The number of fused-ring (bicyclic) bond motifs is 2. The van der Waals surface area contributed by atoms with Gasteiger partial charge in [-0.1, -0.05) is 11.6 Å². The lowest BCUT2D eigenvalue weighted by molar-refractivity contribution is 0.0353. The highest BCUT2D eigenvalue weighted by Crippen LogP contribution is 2.38. The molecule has 7 nitrogen and oxygen atoms in total. The van der Waals surface area contributed by atoms with Crippen LogP contribution in [0.25, 0.3) is 11.0 Å². The standard InChI is InChI=1S/C24H25N3O4/c1-16-3-4-19-18(15-16)22(28)20-21(17-5-7-25-8-6-17)27(24(29)23(20)31-19)10-2-9-26-11-13-30-14-12-26/h3-8,15,21H,2,9-14H2,1H3. The summed E-state index contributed by atoms with van der Waals surface area (Å²) in [5.41, 5.74) is 2.59. The van der Waals surface area contributed by atoms with Crippen LogP contribution in [0.1, 0.15) is 39.7 Å². The first-order chi connectivity index (χ1) is 15.1. The molecule has 160 valence electrons. The molecule has 7 heteroatoms. The molecule has 1 atom stereocenters. The summed E-state index contributed by atoms with van der Waals surface area (Å²) in [7, 11) is 0. The maximum absolute atomic E-state index is 13.5. The zero-order valence-electron chi connectivity index (χ0n) is 17.5. The van der Waals surface area contributed by atoms with Crippen LogP contribution in [-0.4, -0.2) is 60.1 Å². The number of morpholine rings is 1. The number of amides is 1. The molecule has 0 bridgehead atoms. The van der Waals surface area contributed by atoms with E-state index in [9.17, 15) is 9.59 Å². The van der Waals surface area contributed by atoms with Crippen LogP contribution in [0.5, 0.6) is 0 Å². The molecule has 0 aliphatic carbocycles. The fraction of sp³-hybridized carbons (Fsp3) is 0.375. The van der Waals surface area contributed by atoms with Gasteiger partial charge >= 0.3 is 0 Å². The van der Waals surface area contributed by atoms with Gasteiger partial charge in [0.25, 0.3) is 5.91 Å². The summed E-state index contributed by atoms with van der Waals surface area (Å²) in [5.74, 6) is -0.0621. The van der Waals surface area contributed by atoms with Gasteiger partial charge in [0, 0.05) is 38.6 Å². The predicted molar refractivity (Wildman–Crippen MR) is 116 cm³/mol. The summed E-state index contributed by atoms with van der Waals surface area (Å²) in [4.78, 5) is 35.1. The summed E-state index contributed by atoms with van der Waals surface area (Å²) in [6, 6.07) is 8.75. The highest BCUT2D eigenvalue weighted by molar-refractivity contribution is 5.99. The van der Waals surface area contributed by atoms with Gasteiger partial charge in [-0.2, -0.15) is 0 Å². The molecule has 2 aliphatic rings. The fourth-order valence-electron chi connectivity index (χ4n) is 4.55.